The van der Waals surface area contributed by atoms with Crippen LogP contribution in [0.1, 0.15) is 18.4 Å². The van der Waals surface area contributed by atoms with Crippen molar-refractivity contribution < 1.29 is 9.18 Å². The van der Waals surface area contributed by atoms with Crippen LogP contribution in [-0.4, -0.2) is 15.7 Å². The summed E-state index contributed by atoms with van der Waals surface area (Å²) in [5.41, 5.74) is 1.82. The van der Waals surface area contributed by atoms with E-state index < -0.39 is 0 Å². The van der Waals surface area contributed by atoms with Crippen molar-refractivity contribution in [2.24, 2.45) is 0 Å². The van der Waals surface area contributed by atoms with Gasteiger partial charge in [0.1, 0.15) is 11.9 Å². The third-order valence-electron chi connectivity index (χ3n) is 4.10. The first-order valence-electron chi connectivity index (χ1n) is 8.70. The van der Waals surface area contributed by atoms with Crippen molar-refractivity contribution in [3.8, 4) is 17.3 Å². The molecule has 3 rings (SSSR count). The highest BCUT2D eigenvalue weighted by Gasteiger charge is 2.08. The van der Waals surface area contributed by atoms with Crippen molar-refractivity contribution in [1.29, 1.82) is 5.26 Å². The van der Waals surface area contributed by atoms with Gasteiger partial charge in [-0.15, -0.1) is 0 Å². The molecule has 2 aromatic carbocycles. The minimum atomic E-state index is -0.346. The highest BCUT2D eigenvalue weighted by molar-refractivity contribution is 5.92. The van der Waals surface area contributed by atoms with E-state index in [-0.39, 0.29) is 30.2 Å². The molecular weight excluding hydrogens is 359 g/mol. The minimum Gasteiger partial charge on any atom is -0.325 e. The molecule has 0 aliphatic rings. The number of carbonyl (C=O) groups excluding carboxylic acids is 1. The number of halogens is 1. The summed E-state index contributed by atoms with van der Waals surface area (Å²) in [5, 5.41) is 16.0. The quantitative estimate of drug-likeness (QED) is 0.715. The summed E-state index contributed by atoms with van der Waals surface area (Å²) in [6.45, 7) is 0.265. The van der Waals surface area contributed by atoms with Crippen LogP contribution >= 0.6 is 0 Å². The number of amides is 1. The number of benzene rings is 2. The van der Waals surface area contributed by atoms with Crippen molar-refractivity contribution in [2.45, 2.75) is 19.4 Å². The highest BCUT2D eigenvalue weighted by Crippen LogP contribution is 2.16. The van der Waals surface area contributed by atoms with Gasteiger partial charge in [-0.3, -0.25) is 9.59 Å². The first-order valence-corrected chi connectivity index (χ1v) is 8.70. The average molecular weight is 376 g/mol. The number of nitrogens with one attached hydrogen (secondary N) is 1. The van der Waals surface area contributed by atoms with Crippen LogP contribution in [0.25, 0.3) is 11.3 Å². The second kappa shape index (κ2) is 8.73. The summed E-state index contributed by atoms with van der Waals surface area (Å²) < 4.78 is 14.3. The van der Waals surface area contributed by atoms with Gasteiger partial charge in [0.25, 0.3) is 5.56 Å². The van der Waals surface area contributed by atoms with Crippen LogP contribution in [0.3, 0.4) is 0 Å². The smallest absolute Gasteiger partial charge is 0.266 e. The van der Waals surface area contributed by atoms with Crippen LogP contribution in [-0.2, 0) is 11.3 Å². The van der Waals surface area contributed by atoms with E-state index in [0.717, 1.165) is 0 Å². The lowest BCUT2D eigenvalue weighted by molar-refractivity contribution is -0.116. The Morgan fingerprint density at radius 2 is 1.86 bits per heavy atom. The van der Waals surface area contributed by atoms with Crippen LogP contribution in [0.4, 0.5) is 10.1 Å². The van der Waals surface area contributed by atoms with Gasteiger partial charge in [-0.25, -0.2) is 9.07 Å². The number of nitriles is 1. The number of aromatic nitrogens is 2. The van der Waals surface area contributed by atoms with E-state index in [1.54, 1.807) is 42.5 Å². The molecule has 0 spiro atoms. The molecule has 1 amide bonds. The molecule has 0 saturated heterocycles. The maximum Gasteiger partial charge on any atom is 0.266 e. The summed E-state index contributed by atoms with van der Waals surface area (Å²) in [6, 6.07) is 17.6. The highest BCUT2D eigenvalue weighted by atomic mass is 19.1. The van der Waals surface area contributed by atoms with Gasteiger partial charge in [-0.05, 0) is 48.9 Å². The van der Waals surface area contributed by atoms with Crippen molar-refractivity contribution in [1.82, 2.24) is 9.78 Å². The zero-order chi connectivity index (χ0) is 19.9. The van der Waals surface area contributed by atoms with E-state index in [1.807, 2.05) is 6.07 Å². The molecule has 6 nitrogen and oxygen atoms in total. The van der Waals surface area contributed by atoms with E-state index in [4.69, 9.17) is 5.26 Å². The third kappa shape index (κ3) is 4.68. The molecule has 1 aromatic heterocycles. The van der Waals surface area contributed by atoms with Gasteiger partial charge < -0.3 is 5.32 Å². The number of carbonyl (C=O) groups is 1. The van der Waals surface area contributed by atoms with Crippen LogP contribution in [0.5, 0.6) is 0 Å². The van der Waals surface area contributed by atoms with E-state index in [2.05, 4.69) is 10.4 Å². The van der Waals surface area contributed by atoms with E-state index in [0.29, 0.717) is 28.9 Å². The van der Waals surface area contributed by atoms with Crippen molar-refractivity contribution in [3.05, 3.63) is 82.4 Å². The topological polar surface area (TPSA) is 87.8 Å². The molecule has 0 radical (unpaired) electrons. The minimum absolute atomic E-state index is 0.175. The lowest BCUT2D eigenvalue weighted by Crippen LogP contribution is -2.23. The average Bonchev–Trinajstić information content (AvgIpc) is 2.70. The predicted molar refractivity (Wildman–Crippen MR) is 103 cm³/mol. The molecule has 0 unspecified atom stereocenters. The number of hydrogen-bond acceptors (Lipinski definition) is 4. The van der Waals surface area contributed by atoms with Crippen LogP contribution in [0, 0.1) is 17.1 Å². The number of rotatable bonds is 6. The molecule has 0 bridgehead atoms. The number of para-hydroxylation sites is 1. The monoisotopic (exact) mass is 376 g/mol. The molecule has 0 saturated carbocycles. The molecule has 0 fully saturated rings. The zero-order valence-electron chi connectivity index (χ0n) is 14.9. The Labute approximate surface area is 160 Å². The number of aryl methyl sites for hydroxylation is 1. The van der Waals surface area contributed by atoms with Crippen molar-refractivity contribution in [2.75, 3.05) is 5.32 Å². The molecule has 7 heteroatoms. The fourth-order valence-electron chi connectivity index (χ4n) is 2.68. The molecule has 28 heavy (non-hydrogen) atoms. The summed E-state index contributed by atoms with van der Waals surface area (Å²) in [7, 11) is 0. The lowest BCUT2D eigenvalue weighted by Gasteiger charge is -2.08. The molecule has 1 heterocycles. The van der Waals surface area contributed by atoms with Crippen LogP contribution in [0.2, 0.25) is 0 Å². The second-order valence-corrected chi connectivity index (χ2v) is 6.10. The number of anilines is 1. The second-order valence-electron chi connectivity index (χ2n) is 6.10. The van der Waals surface area contributed by atoms with Gasteiger partial charge in [0.2, 0.25) is 5.91 Å². The van der Waals surface area contributed by atoms with Crippen LogP contribution < -0.4 is 10.9 Å². The molecule has 0 aliphatic carbocycles. The Balaban J connectivity index is 1.62. The van der Waals surface area contributed by atoms with Gasteiger partial charge in [0.05, 0.1) is 16.9 Å². The summed E-state index contributed by atoms with van der Waals surface area (Å²) in [6.07, 6.45) is 0.578. The van der Waals surface area contributed by atoms with Crippen molar-refractivity contribution in [3.63, 3.8) is 0 Å². The molecule has 0 aliphatic heterocycles. The Bertz CT molecular complexity index is 1080. The van der Waals surface area contributed by atoms with E-state index >= 15 is 0 Å². The van der Waals surface area contributed by atoms with E-state index in [1.165, 1.54) is 22.9 Å². The number of hydrogen-bond donors (Lipinski definition) is 1. The lowest BCUT2D eigenvalue weighted by atomic mass is 10.1. The summed E-state index contributed by atoms with van der Waals surface area (Å²) in [4.78, 5) is 24.1. The Kier molecular flexibility index (Phi) is 5.92. The molecule has 0 atom stereocenters. The van der Waals surface area contributed by atoms with Gasteiger partial charge in [-0.2, -0.15) is 10.4 Å². The molecule has 3 aromatic rings. The first kappa shape index (κ1) is 19.0. The zero-order valence-corrected chi connectivity index (χ0v) is 14.9. The normalized spacial score (nSPS) is 10.3. The Hall–Kier alpha value is -3.79. The predicted octanol–water partition coefficient (Wildman–Crippen LogP) is 3.34. The SMILES string of the molecule is N#Cc1ccccc1NC(=O)CCCn1nc(-c2ccc(F)cc2)ccc1=O. The summed E-state index contributed by atoms with van der Waals surface area (Å²) >= 11 is 0. The fourth-order valence-corrected chi connectivity index (χ4v) is 2.68. The molecular formula is C21H17FN4O2. The van der Waals surface area contributed by atoms with Crippen LogP contribution in [0.15, 0.2) is 65.5 Å². The largest absolute Gasteiger partial charge is 0.325 e. The summed E-state index contributed by atoms with van der Waals surface area (Å²) in [5.74, 6) is -0.591. The number of nitrogens with zero attached hydrogens (tertiary/aromatic N) is 3. The Morgan fingerprint density at radius 3 is 2.61 bits per heavy atom. The van der Waals surface area contributed by atoms with Crippen molar-refractivity contribution >= 4 is 11.6 Å². The van der Waals surface area contributed by atoms with Gasteiger partial charge in [0.15, 0.2) is 0 Å². The third-order valence-corrected chi connectivity index (χ3v) is 4.10. The van der Waals surface area contributed by atoms with E-state index in [9.17, 15) is 14.0 Å². The van der Waals surface area contributed by atoms with Gasteiger partial charge >= 0.3 is 0 Å². The maximum absolute atomic E-state index is 13.1. The fraction of sp³-hybridized carbons (Fsp3) is 0.143. The maximum atomic E-state index is 13.1. The van der Waals surface area contributed by atoms with Gasteiger partial charge in [0, 0.05) is 24.6 Å². The first-order chi connectivity index (χ1) is 13.6. The molecule has 1 N–H and O–H groups in total. The standard InChI is InChI=1S/C21H17FN4O2/c22-17-9-7-15(8-10-17)19-11-12-21(28)26(25-19)13-3-6-20(27)24-18-5-2-1-4-16(18)14-23/h1-2,4-5,7-12H,3,6,13H2,(H,24,27). The van der Waals surface area contributed by atoms with Gasteiger partial charge in [-0.1, -0.05) is 12.1 Å². The Morgan fingerprint density at radius 1 is 1.11 bits per heavy atom. The molecule has 140 valence electrons.